The van der Waals surface area contributed by atoms with Gasteiger partial charge in [-0.25, -0.2) is 0 Å². The molecule has 1 aliphatic heterocycles. The minimum atomic E-state index is -0.642. The third kappa shape index (κ3) is 3.15. The molecule has 4 aliphatic rings. The third-order valence-electron chi connectivity index (χ3n) is 9.57. The fraction of sp³-hybridized carbons (Fsp3) is 0.630. The van der Waals surface area contributed by atoms with Crippen LogP contribution in [-0.2, 0) is 9.53 Å². The van der Waals surface area contributed by atoms with Crippen LogP contribution in [0, 0.1) is 34.5 Å². The molecule has 0 radical (unpaired) electrons. The fourth-order valence-corrected chi connectivity index (χ4v) is 7.70. The molecule has 1 aromatic carbocycles. The minimum absolute atomic E-state index is 0.00984. The number of fused-ring (bicyclic) bond motifs is 4. The minimum Gasteiger partial charge on any atom is -0.469 e. The predicted octanol–water partition coefficient (Wildman–Crippen LogP) is 4.96. The second-order valence-electron chi connectivity index (χ2n) is 11.0. The average Bonchev–Trinajstić information content (AvgIpc) is 3.11. The van der Waals surface area contributed by atoms with Crippen molar-refractivity contribution < 1.29 is 19.4 Å². The Morgan fingerprint density at radius 3 is 2.69 bits per heavy atom. The number of ether oxygens (including phenoxy) is 1. The lowest BCUT2D eigenvalue weighted by molar-refractivity contribution is -0.168. The van der Waals surface area contributed by atoms with Gasteiger partial charge in [0.1, 0.15) is 0 Å². The van der Waals surface area contributed by atoms with Crippen LogP contribution in [0.25, 0.3) is 0 Å². The number of ketones is 1. The van der Waals surface area contributed by atoms with Crippen LogP contribution in [0.15, 0.2) is 36.0 Å². The number of esters is 1. The second kappa shape index (κ2) is 7.72. The van der Waals surface area contributed by atoms with E-state index in [2.05, 4.69) is 18.3 Å². The predicted molar refractivity (Wildman–Crippen MR) is 123 cm³/mol. The molecule has 2 N–H and O–H groups in total. The van der Waals surface area contributed by atoms with Crippen molar-refractivity contribution in [2.24, 2.45) is 34.5 Å². The fourth-order valence-electron chi connectivity index (χ4n) is 7.70. The molecule has 0 amide bonds. The summed E-state index contributed by atoms with van der Waals surface area (Å²) >= 11 is 0. The van der Waals surface area contributed by atoms with Gasteiger partial charge in [-0.05, 0) is 93.1 Å². The monoisotopic (exact) mass is 437 g/mol. The SMILES string of the molecule is COC(=O)[C@@]1(C)CC[C@H]2[C@@H](CC[C@H]3C[C@@H](O)CC[C@@]32C)[C@@H]1C=C1Nc2ccccc2C1=O. The van der Waals surface area contributed by atoms with Crippen LogP contribution in [0.3, 0.4) is 0 Å². The van der Waals surface area contributed by atoms with Crippen LogP contribution < -0.4 is 5.32 Å². The number of aliphatic hydroxyl groups excluding tert-OH is 1. The molecular weight excluding hydrogens is 402 g/mol. The lowest BCUT2D eigenvalue weighted by Gasteiger charge is -2.60. The maximum atomic E-state index is 13.1. The number of aliphatic hydroxyl groups is 1. The molecule has 5 heteroatoms. The van der Waals surface area contributed by atoms with Crippen molar-refractivity contribution in [3.05, 3.63) is 41.6 Å². The third-order valence-corrected chi connectivity index (χ3v) is 9.57. The van der Waals surface area contributed by atoms with Crippen molar-refractivity contribution in [1.29, 1.82) is 0 Å². The Morgan fingerprint density at radius 1 is 1.16 bits per heavy atom. The van der Waals surface area contributed by atoms with Gasteiger partial charge in [-0.1, -0.05) is 25.1 Å². The van der Waals surface area contributed by atoms with Gasteiger partial charge in [-0.2, -0.15) is 0 Å². The number of allylic oxidation sites excluding steroid dienone is 2. The van der Waals surface area contributed by atoms with E-state index in [1.807, 2.05) is 31.2 Å². The van der Waals surface area contributed by atoms with E-state index >= 15 is 0 Å². The summed E-state index contributed by atoms with van der Waals surface area (Å²) in [4.78, 5) is 26.2. The lowest BCUT2D eigenvalue weighted by Crippen LogP contribution is -2.55. The van der Waals surface area contributed by atoms with Crippen LogP contribution in [0.4, 0.5) is 5.69 Å². The van der Waals surface area contributed by atoms with Crippen molar-refractivity contribution in [1.82, 2.24) is 0 Å². The van der Waals surface area contributed by atoms with Crippen LogP contribution >= 0.6 is 0 Å². The van der Waals surface area contributed by atoms with Crippen molar-refractivity contribution in [2.75, 3.05) is 12.4 Å². The number of benzene rings is 1. The van der Waals surface area contributed by atoms with Crippen molar-refractivity contribution in [3.8, 4) is 0 Å². The zero-order valence-corrected chi connectivity index (χ0v) is 19.4. The molecule has 7 atom stereocenters. The van der Waals surface area contributed by atoms with Gasteiger partial charge in [0.2, 0.25) is 5.78 Å². The zero-order chi connectivity index (χ0) is 22.7. The summed E-state index contributed by atoms with van der Waals surface area (Å²) in [5.74, 6) is 1.14. The first-order valence-electron chi connectivity index (χ1n) is 12.2. The number of nitrogens with one attached hydrogen (secondary N) is 1. The Hall–Kier alpha value is -2.14. The van der Waals surface area contributed by atoms with Crippen LogP contribution in [-0.4, -0.2) is 30.1 Å². The molecule has 3 aliphatic carbocycles. The molecule has 5 rings (SSSR count). The molecule has 172 valence electrons. The molecular formula is C27H35NO4. The number of rotatable bonds is 2. The lowest BCUT2D eigenvalue weighted by atomic mass is 9.44. The molecule has 0 unspecified atom stereocenters. The topological polar surface area (TPSA) is 75.6 Å². The number of carbonyl (C=O) groups is 2. The van der Waals surface area contributed by atoms with E-state index in [0.717, 1.165) is 50.6 Å². The summed E-state index contributed by atoms with van der Waals surface area (Å²) in [7, 11) is 1.47. The molecule has 3 saturated carbocycles. The number of para-hydroxylation sites is 1. The van der Waals surface area contributed by atoms with Crippen molar-refractivity contribution in [2.45, 2.75) is 64.9 Å². The molecule has 5 nitrogen and oxygen atoms in total. The molecule has 0 saturated heterocycles. The number of Topliss-reactive ketones (excluding diaryl/α,β-unsaturated/α-hetero) is 1. The molecule has 1 heterocycles. The van der Waals surface area contributed by atoms with E-state index in [4.69, 9.17) is 4.74 Å². The van der Waals surface area contributed by atoms with Gasteiger partial charge >= 0.3 is 5.97 Å². The standard InChI is InChI=1S/C27H35NO4/c1-26-12-10-17(29)14-16(26)8-9-18-20(26)11-13-27(2,25(31)32-3)21(18)15-23-24(30)19-6-4-5-7-22(19)28-23/h4-7,15-18,20-21,28-29H,8-14H2,1-3H3/t16-,17-,18+,20-,21-,26-,27-/m0/s1. The number of methoxy groups -OCH3 is 1. The van der Waals surface area contributed by atoms with Gasteiger partial charge in [-0.3, -0.25) is 9.59 Å². The quantitative estimate of drug-likeness (QED) is 0.505. The van der Waals surface area contributed by atoms with Crippen molar-refractivity contribution in [3.63, 3.8) is 0 Å². The molecule has 0 aromatic heterocycles. The summed E-state index contributed by atoms with van der Waals surface area (Å²) in [6.07, 6.45) is 8.57. The van der Waals surface area contributed by atoms with Gasteiger partial charge in [0.15, 0.2) is 0 Å². The normalized spacial score (nSPS) is 41.9. The van der Waals surface area contributed by atoms with Gasteiger partial charge in [0, 0.05) is 11.3 Å². The van der Waals surface area contributed by atoms with E-state index in [9.17, 15) is 14.7 Å². The maximum absolute atomic E-state index is 13.1. The average molecular weight is 438 g/mol. The van der Waals surface area contributed by atoms with Crippen LogP contribution in [0.5, 0.6) is 0 Å². The first-order chi connectivity index (χ1) is 15.3. The first-order valence-corrected chi connectivity index (χ1v) is 12.2. The molecule has 0 bridgehead atoms. The van der Waals surface area contributed by atoms with E-state index in [-0.39, 0.29) is 29.2 Å². The highest BCUT2D eigenvalue weighted by atomic mass is 16.5. The number of hydrogen-bond donors (Lipinski definition) is 2. The molecule has 3 fully saturated rings. The molecule has 1 aromatic rings. The summed E-state index contributed by atoms with van der Waals surface area (Å²) < 4.78 is 5.30. The summed E-state index contributed by atoms with van der Waals surface area (Å²) in [6, 6.07) is 7.60. The maximum Gasteiger partial charge on any atom is 0.312 e. The number of anilines is 1. The van der Waals surface area contributed by atoms with Crippen LogP contribution in [0.1, 0.15) is 69.2 Å². The zero-order valence-electron chi connectivity index (χ0n) is 19.4. The summed E-state index contributed by atoms with van der Waals surface area (Å²) in [6.45, 7) is 4.45. The first kappa shape index (κ1) is 21.7. The smallest absolute Gasteiger partial charge is 0.312 e. The Bertz CT molecular complexity index is 970. The highest BCUT2D eigenvalue weighted by Crippen LogP contribution is 2.63. The van der Waals surface area contributed by atoms with E-state index < -0.39 is 5.41 Å². The Labute approximate surface area is 190 Å². The van der Waals surface area contributed by atoms with Crippen LogP contribution in [0.2, 0.25) is 0 Å². The van der Waals surface area contributed by atoms with E-state index in [0.29, 0.717) is 29.0 Å². The highest BCUT2D eigenvalue weighted by molar-refractivity contribution is 6.18. The second-order valence-corrected chi connectivity index (χ2v) is 11.0. The largest absolute Gasteiger partial charge is 0.469 e. The summed E-state index contributed by atoms with van der Waals surface area (Å²) in [5.41, 5.74) is 1.68. The van der Waals surface area contributed by atoms with Gasteiger partial charge < -0.3 is 15.2 Å². The van der Waals surface area contributed by atoms with Crippen molar-refractivity contribution >= 4 is 17.4 Å². The number of carbonyl (C=O) groups excluding carboxylic acids is 2. The van der Waals surface area contributed by atoms with E-state index in [1.165, 1.54) is 7.11 Å². The van der Waals surface area contributed by atoms with Gasteiger partial charge in [-0.15, -0.1) is 0 Å². The summed E-state index contributed by atoms with van der Waals surface area (Å²) in [5, 5.41) is 13.6. The molecule has 32 heavy (non-hydrogen) atoms. The Kier molecular flexibility index (Phi) is 5.23. The Morgan fingerprint density at radius 2 is 1.94 bits per heavy atom. The number of hydrogen-bond acceptors (Lipinski definition) is 5. The van der Waals surface area contributed by atoms with Gasteiger partial charge in [0.25, 0.3) is 0 Å². The Balaban J connectivity index is 1.53. The van der Waals surface area contributed by atoms with Gasteiger partial charge in [0.05, 0.1) is 24.3 Å². The molecule has 0 spiro atoms. The van der Waals surface area contributed by atoms with E-state index in [1.54, 1.807) is 0 Å². The highest BCUT2D eigenvalue weighted by Gasteiger charge is 2.58.